The van der Waals surface area contributed by atoms with Crippen LogP contribution in [0.25, 0.3) is 10.2 Å². The SMILES string of the molecule is CCCN(CCC)C(=O)CCCC(=O)Nc1nc2ccc(C)cc2s1. The third kappa shape index (κ3) is 5.81. The average molecular weight is 362 g/mol. The number of aromatic nitrogens is 1. The molecule has 0 saturated carbocycles. The number of amides is 2. The van der Waals surface area contributed by atoms with Crippen LogP contribution in [-0.4, -0.2) is 34.8 Å². The second kappa shape index (κ2) is 9.51. The van der Waals surface area contributed by atoms with Gasteiger partial charge in [-0.05, 0) is 43.9 Å². The molecule has 0 aliphatic heterocycles. The molecular formula is C19H27N3O2S. The van der Waals surface area contributed by atoms with E-state index < -0.39 is 0 Å². The summed E-state index contributed by atoms with van der Waals surface area (Å²) < 4.78 is 1.07. The van der Waals surface area contributed by atoms with E-state index in [1.54, 1.807) is 0 Å². The molecular weight excluding hydrogens is 334 g/mol. The minimum absolute atomic E-state index is 0.0823. The number of hydrogen-bond acceptors (Lipinski definition) is 4. The number of hydrogen-bond donors (Lipinski definition) is 1. The number of aryl methyl sites for hydroxylation is 1. The maximum absolute atomic E-state index is 12.2. The third-order valence-electron chi connectivity index (χ3n) is 3.92. The third-order valence-corrected chi connectivity index (χ3v) is 4.86. The summed E-state index contributed by atoms with van der Waals surface area (Å²) in [4.78, 5) is 30.6. The molecule has 2 aromatic rings. The fraction of sp³-hybridized carbons (Fsp3) is 0.526. The lowest BCUT2D eigenvalue weighted by molar-refractivity contribution is -0.131. The Morgan fingerprint density at radius 1 is 1.16 bits per heavy atom. The summed E-state index contributed by atoms with van der Waals surface area (Å²) in [6, 6.07) is 6.04. The first-order valence-corrected chi connectivity index (χ1v) is 9.80. The van der Waals surface area contributed by atoms with Crippen LogP contribution in [0.3, 0.4) is 0 Å². The van der Waals surface area contributed by atoms with Gasteiger partial charge < -0.3 is 10.2 Å². The van der Waals surface area contributed by atoms with Crippen molar-refractivity contribution in [2.75, 3.05) is 18.4 Å². The zero-order chi connectivity index (χ0) is 18.2. The van der Waals surface area contributed by atoms with Crippen LogP contribution in [0.15, 0.2) is 18.2 Å². The summed E-state index contributed by atoms with van der Waals surface area (Å²) in [5.41, 5.74) is 2.08. The van der Waals surface area contributed by atoms with Gasteiger partial charge in [0.15, 0.2) is 5.13 Å². The van der Waals surface area contributed by atoms with Crippen LogP contribution >= 0.6 is 11.3 Å². The molecule has 0 unspecified atom stereocenters. The summed E-state index contributed by atoms with van der Waals surface area (Å²) >= 11 is 1.48. The summed E-state index contributed by atoms with van der Waals surface area (Å²) in [6.45, 7) is 7.77. The molecule has 5 nitrogen and oxygen atoms in total. The number of nitrogens with one attached hydrogen (secondary N) is 1. The quantitative estimate of drug-likeness (QED) is 0.722. The first kappa shape index (κ1) is 19.4. The maximum Gasteiger partial charge on any atom is 0.226 e. The van der Waals surface area contributed by atoms with Gasteiger partial charge in [0.1, 0.15) is 0 Å². The van der Waals surface area contributed by atoms with Crippen molar-refractivity contribution in [3.63, 3.8) is 0 Å². The number of anilines is 1. The summed E-state index contributed by atoms with van der Waals surface area (Å²) in [7, 11) is 0. The Bertz CT molecular complexity index is 721. The first-order valence-electron chi connectivity index (χ1n) is 8.98. The van der Waals surface area contributed by atoms with E-state index in [1.165, 1.54) is 16.9 Å². The molecule has 0 spiro atoms. The molecule has 1 aromatic carbocycles. The van der Waals surface area contributed by atoms with Crippen LogP contribution in [0.2, 0.25) is 0 Å². The highest BCUT2D eigenvalue weighted by atomic mass is 32.1. The van der Waals surface area contributed by atoms with E-state index in [-0.39, 0.29) is 11.8 Å². The molecule has 0 saturated heterocycles. The van der Waals surface area contributed by atoms with Crippen molar-refractivity contribution in [2.24, 2.45) is 0 Å². The van der Waals surface area contributed by atoms with Crippen LogP contribution in [0.4, 0.5) is 5.13 Å². The molecule has 1 aromatic heterocycles. The summed E-state index contributed by atoms with van der Waals surface area (Å²) in [6.07, 6.45) is 3.25. The standard InChI is InChI=1S/C19H27N3O2S/c1-4-11-22(12-5-2)18(24)8-6-7-17(23)21-19-20-15-10-9-14(3)13-16(15)25-19/h9-10,13H,4-8,11-12H2,1-3H3,(H,20,21,23). The normalized spacial score (nSPS) is 10.8. The van der Waals surface area contributed by atoms with Gasteiger partial charge in [0.2, 0.25) is 11.8 Å². The van der Waals surface area contributed by atoms with E-state index in [1.807, 2.05) is 24.0 Å². The minimum atomic E-state index is -0.0823. The molecule has 0 atom stereocenters. The van der Waals surface area contributed by atoms with Crippen LogP contribution < -0.4 is 5.32 Å². The molecule has 136 valence electrons. The van der Waals surface area contributed by atoms with Crippen molar-refractivity contribution >= 4 is 38.5 Å². The highest BCUT2D eigenvalue weighted by molar-refractivity contribution is 7.22. The van der Waals surface area contributed by atoms with E-state index in [4.69, 9.17) is 0 Å². The molecule has 0 aliphatic rings. The van der Waals surface area contributed by atoms with Gasteiger partial charge in [-0.15, -0.1) is 0 Å². The Balaban J connectivity index is 1.80. The molecule has 0 aliphatic carbocycles. The molecule has 1 heterocycles. The van der Waals surface area contributed by atoms with E-state index >= 15 is 0 Å². The number of carbonyl (C=O) groups excluding carboxylic acids is 2. The average Bonchev–Trinajstić information content (AvgIpc) is 2.95. The Morgan fingerprint density at radius 3 is 2.56 bits per heavy atom. The van der Waals surface area contributed by atoms with Crippen molar-refractivity contribution < 1.29 is 9.59 Å². The van der Waals surface area contributed by atoms with Crippen molar-refractivity contribution in [2.45, 2.75) is 52.9 Å². The van der Waals surface area contributed by atoms with Crippen molar-refractivity contribution in [1.29, 1.82) is 0 Å². The highest BCUT2D eigenvalue weighted by Gasteiger charge is 2.13. The maximum atomic E-state index is 12.2. The highest BCUT2D eigenvalue weighted by Crippen LogP contribution is 2.26. The first-order chi connectivity index (χ1) is 12.0. The van der Waals surface area contributed by atoms with E-state index in [0.717, 1.165) is 36.1 Å². The Hall–Kier alpha value is -1.95. The Morgan fingerprint density at radius 2 is 1.88 bits per heavy atom. The number of carbonyl (C=O) groups is 2. The molecule has 25 heavy (non-hydrogen) atoms. The van der Waals surface area contributed by atoms with Crippen LogP contribution in [0, 0.1) is 6.92 Å². The van der Waals surface area contributed by atoms with Crippen molar-refractivity contribution in [3.05, 3.63) is 23.8 Å². The number of thiazole rings is 1. The second-order valence-electron chi connectivity index (χ2n) is 6.27. The fourth-order valence-electron chi connectivity index (χ4n) is 2.73. The Labute approximate surface area is 153 Å². The lowest BCUT2D eigenvalue weighted by Crippen LogP contribution is -2.32. The van der Waals surface area contributed by atoms with Crippen molar-refractivity contribution in [1.82, 2.24) is 9.88 Å². The van der Waals surface area contributed by atoms with Crippen LogP contribution in [0.5, 0.6) is 0 Å². The minimum Gasteiger partial charge on any atom is -0.343 e. The monoisotopic (exact) mass is 361 g/mol. The zero-order valence-electron chi connectivity index (χ0n) is 15.3. The van der Waals surface area contributed by atoms with Crippen LogP contribution in [0.1, 0.15) is 51.5 Å². The Kier molecular flexibility index (Phi) is 7.37. The lowest BCUT2D eigenvalue weighted by Gasteiger charge is -2.21. The zero-order valence-corrected chi connectivity index (χ0v) is 16.1. The molecule has 0 radical (unpaired) electrons. The largest absolute Gasteiger partial charge is 0.343 e. The second-order valence-corrected chi connectivity index (χ2v) is 7.30. The van der Waals surface area contributed by atoms with Gasteiger partial charge in [0, 0.05) is 25.9 Å². The van der Waals surface area contributed by atoms with Gasteiger partial charge in [-0.3, -0.25) is 9.59 Å². The molecule has 0 bridgehead atoms. The van der Waals surface area contributed by atoms with Gasteiger partial charge in [-0.25, -0.2) is 4.98 Å². The van der Waals surface area contributed by atoms with E-state index in [9.17, 15) is 9.59 Å². The molecule has 1 N–H and O–H groups in total. The summed E-state index contributed by atoms with van der Waals surface area (Å²) in [5.74, 6) is 0.0630. The van der Waals surface area contributed by atoms with Crippen molar-refractivity contribution in [3.8, 4) is 0 Å². The predicted molar refractivity (Wildman–Crippen MR) is 104 cm³/mol. The predicted octanol–water partition coefficient (Wildman–Crippen LogP) is 4.36. The number of fused-ring (bicyclic) bond motifs is 1. The molecule has 0 fully saturated rings. The van der Waals surface area contributed by atoms with Crippen LogP contribution in [-0.2, 0) is 9.59 Å². The van der Waals surface area contributed by atoms with Gasteiger partial charge >= 0.3 is 0 Å². The van der Waals surface area contributed by atoms with Gasteiger partial charge in [0.05, 0.1) is 10.2 Å². The topological polar surface area (TPSA) is 62.3 Å². The van der Waals surface area contributed by atoms with Gasteiger partial charge in [-0.2, -0.15) is 0 Å². The smallest absolute Gasteiger partial charge is 0.226 e. The number of benzene rings is 1. The van der Waals surface area contributed by atoms with Gasteiger partial charge in [-0.1, -0.05) is 31.3 Å². The van der Waals surface area contributed by atoms with E-state index in [2.05, 4.69) is 30.2 Å². The molecule has 2 amide bonds. The van der Waals surface area contributed by atoms with Gasteiger partial charge in [0.25, 0.3) is 0 Å². The summed E-state index contributed by atoms with van der Waals surface area (Å²) in [5, 5.41) is 3.47. The molecule has 2 rings (SSSR count). The number of rotatable bonds is 9. The van der Waals surface area contributed by atoms with E-state index in [0.29, 0.717) is 24.4 Å². The number of nitrogens with zero attached hydrogens (tertiary/aromatic N) is 2. The fourth-order valence-corrected chi connectivity index (χ4v) is 3.71. The lowest BCUT2D eigenvalue weighted by atomic mass is 10.2. The molecule has 6 heteroatoms.